The first-order valence-corrected chi connectivity index (χ1v) is 9.28. The third kappa shape index (κ3) is 8.30. The van der Waals surface area contributed by atoms with Gasteiger partial charge in [-0.1, -0.05) is 70.2 Å². The number of nitrogens with one attached hydrogen (secondary N) is 2. The largest absolute Gasteiger partial charge is 0.481 e. The van der Waals surface area contributed by atoms with Gasteiger partial charge in [-0.2, -0.15) is 0 Å². The van der Waals surface area contributed by atoms with E-state index in [4.69, 9.17) is 0 Å². The van der Waals surface area contributed by atoms with Gasteiger partial charge in [0.1, 0.15) is 0 Å². The highest BCUT2D eigenvalue weighted by Gasteiger charge is 2.33. The maximum atomic E-state index is 12.6. The molecule has 2 atom stereocenters. The maximum Gasteiger partial charge on any atom is 0.307 e. The number of carbonyl (C=O) groups is 2. The molecule has 0 saturated carbocycles. The molecule has 0 unspecified atom stereocenters. The van der Waals surface area contributed by atoms with Crippen LogP contribution in [0.15, 0.2) is 36.4 Å². The number of hydrogen-bond donors (Lipinski definition) is 3. The molecule has 1 rings (SSSR count). The SMILES string of the molecule is CC(C)CNNC(=O)[C@H](CC(C)C)[C@H](C/C=C/c1ccccc1)C(=O)O. The molecule has 144 valence electrons. The van der Waals surface area contributed by atoms with Crippen LogP contribution in [0.3, 0.4) is 0 Å². The molecular formula is C21H32N2O3. The van der Waals surface area contributed by atoms with Gasteiger partial charge in [0.25, 0.3) is 0 Å². The summed E-state index contributed by atoms with van der Waals surface area (Å²) in [5.41, 5.74) is 6.60. The smallest absolute Gasteiger partial charge is 0.307 e. The van der Waals surface area contributed by atoms with Crippen LogP contribution >= 0.6 is 0 Å². The minimum Gasteiger partial charge on any atom is -0.481 e. The lowest BCUT2D eigenvalue weighted by molar-refractivity contribution is -0.147. The van der Waals surface area contributed by atoms with E-state index in [2.05, 4.69) is 10.9 Å². The first kappa shape index (κ1) is 21.9. The van der Waals surface area contributed by atoms with Crippen molar-refractivity contribution in [2.75, 3.05) is 6.54 Å². The fraction of sp³-hybridized carbons (Fsp3) is 0.524. The van der Waals surface area contributed by atoms with Crippen molar-refractivity contribution in [3.05, 3.63) is 42.0 Å². The van der Waals surface area contributed by atoms with Gasteiger partial charge in [-0.15, -0.1) is 0 Å². The van der Waals surface area contributed by atoms with E-state index >= 15 is 0 Å². The fourth-order valence-corrected chi connectivity index (χ4v) is 2.75. The highest BCUT2D eigenvalue weighted by Crippen LogP contribution is 2.25. The predicted octanol–water partition coefficient (Wildman–Crippen LogP) is 3.73. The molecule has 1 aromatic carbocycles. The zero-order valence-electron chi connectivity index (χ0n) is 16.2. The summed E-state index contributed by atoms with van der Waals surface area (Å²) < 4.78 is 0. The second-order valence-corrected chi connectivity index (χ2v) is 7.49. The number of amides is 1. The summed E-state index contributed by atoms with van der Waals surface area (Å²) in [6.07, 6.45) is 4.60. The number of hydrazine groups is 1. The molecule has 1 aromatic rings. The summed E-state index contributed by atoms with van der Waals surface area (Å²) in [7, 11) is 0. The Balaban J connectivity index is 2.81. The molecule has 0 radical (unpaired) electrons. The second kappa shape index (κ2) is 11.5. The molecule has 5 nitrogen and oxygen atoms in total. The molecule has 0 aliphatic rings. The van der Waals surface area contributed by atoms with E-state index in [-0.39, 0.29) is 11.8 Å². The van der Waals surface area contributed by atoms with E-state index in [1.807, 2.05) is 70.2 Å². The van der Waals surface area contributed by atoms with Crippen LogP contribution in [0, 0.1) is 23.7 Å². The van der Waals surface area contributed by atoms with Gasteiger partial charge in [0.2, 0.25) is 5.91 Å². The summed E-state index contributed by atoms with van der Waals surface area (Å²) in [4.78, 5) is 24.4. The first-order chi connectivity index (χ1) is 12.3. The van der Waals surface area contributed by atoms with E-state index in [9.17, 15) is 14.7 Å². The number of hydrogen-bond acceptors (Lipinski definition) is 3. The van der Waals surface area contributed by atoms with Gasteiger partial charge in [-0.3, -0.25) is 15.0 Å². The Morgan fingerprint density at radius 2 is 1.69 bits per heavy atom. The van der Waals surface area contributed by atoms with Crippen LogP contribution in [0.4, 0.5) is 0 Å². The van der Waals surface area contributed by atoms with Gasteiger partial charge in [0.15, 0.2) is 0 Å². The Hall–Kier alpha value is -2.14. The van der Waals surface area contributed by atoms with Gasteiger partial charge < -0.3 is 5.11 Å². The Morgan fingerprint density at radius 3 is 2.23 bits per heavy atom. The molecule has 0 heterocycles. The highest BCUT2D eigenvalue weighted by molar-refractivity contribution is 5.84. The van der Waals surface area contributed by atoms with Crippen molar-refractivity contribution in [1.82, 2.24) is 10.9 Å². The number of benzene rings is 1. The van der Waals surface area contributed by atoms with Crippen molar-refractivity contribution >= 4 is 18.0 Å². The maximum absolute atomic E-state index is 12.6. The molecule has 26 heavy (non-hydrogen) atoms. The number of allylic oxidation sites excluding steroid dienone is 1. The minimum atomic E-state index is -0.938. The molecule has 3 N–H and O–H groups in total. The molecule has 0 aliphatic heterocycles. The van der Waals surface area contributed by atoms with Crippen molar-refractivity contribution in [3.8, 4) is 0 Å². The van der Waals surface area contributed by atoms with Crippen molar-refractivity contribution in [1.29, 1.82) is 0 Å². The highest BCUT2D eigenvalue weighted by atomic mass is 16.4. The molecule has 0 spiro atoms. The molecule has 0 bridgehead atoms. The van der Waals surface area contributed by atoms with Gasteiger partial charge in [0, 0.05) is 6.54 Å². The number of rotatable bonds is 11. The topological polar surface area (TPSA) is 78.4 Å². The van der Waals surface area contributed by atoms with Crippen LogP contribution in [-0.2, 0) is 9.59 Å². The molecule has 5 heteroatoms. The van der Waals surface area contributed by atoms with Crippen molar-refractivity contribution in [2.45, 2.75) is 40.5 Å². The summed E-state index contributed by atoms with van der Waals surface area (Å²) in [5, 5.41) is 9.68. The first-order valence-electron chi connectivity index (χ1n) is 9.28. The van der Waals surface area contributed by atoms with Gasteiger partial charge in [-0.25, -0.2) is 5.43 Å². The van der Waals surface area contributed by atoms with Crippen LogP contribution in [0.2, 0.25) is 0 Å². The molecule has 0 saturated heterocycles. The number of carboxylic acid groups (broad SMARTS) is 1. The van der Waals surface area contributed by atoms with Gasteiger partial charge >= 0.3 is 5.97 Å². The van der Waals surface area contributed by atoms with Crippen molar-refractivity contribution in [2.24, 2.45) is 23.7 Å². The van der Waals surface area contributed by atoms with Crippen LogP contribution in [0.25, 0.3) is 6.08 Å². The lowest BCUT2D eigenvalue weighted by Gasteiger charge is -2.24. The number of carboxylic acids is 1. The van der Waals surface area contributed by atoms with Crippen molar-refractivity contribution < 1.29 is 14.7 Å². The lowest BCUT2D eigenvalue weighted by Crippen LogP contribution is -2.46. The van der Waals surface area contributed by atoms with E-state index < -0.39 is 17.8 Å². The zero-order chi connectivity index (χ0) is 19.5. The quantitative estimate of drug-likeness (QED) is 0.526. The summed E-state index contributed by atoms with van der Waals surface area (Å²) in [5.74, 6) is -1.89. The Bertz CT molecular complexity index is 582. The average Bonchev–Trinajstić information content (AvgIpc) is 2.57. The summed E-state index contributed by atoms with van der Waals surface area (Å²) in [6, 6.07) is 9.72. The minimum absolute atomic E-state index is 0.232. The zero-order valence-corrected chi connectivity index (χ0v) is 16.2. The third-order valence-electron chi connectivity index (χ3n) is 4.09. The van der Waals surface area contributed by atoms with E-state index in [1.165, 1.54) is 0 Å². The molecule has 0 aliphatic carbocycles. The fourth-order valence-electron chi connectivity index (χ4n) is 2.75. The van der Waals surface area contributed by atoms with Gasteiger partial charge in [0.05, 0.1) is 11.8 Å². The average molecular weight is 360 g/mol. The van der Waals surface area contributed by atoms with E-state index in [0.29, 0.717) is 25.3 Å². The van der Waals surface area contributed by atoms with Crippen molar-refractivity contribution in [3.63, 3.8) is 0 Å². The summed E-state index contributed by atoms with van der Waals surface area (Å²) >= 11 is 0. The third-order valence-corrected chi connectivity index (χ3v) is 4.09. The monoisotopic (exact) mass is 360 g/mol. The van der Waals surface area contributed by atoms with E-state index in [1.54, 1.807) is 0 Å². The second-order valence-electron chi connectivity index (χ2n) is 7.49. The predicted molar refractivity (Wildman–Crippen MR) is 105 cm³/mol. The molecule has 0 fully saturated rings. The Kier molecular flexibility index (Phi) is 9.66. The summed E-state index contributed by atoms with van der Waals surface area (Å²) in [6.45, 7) is 8.73. The molecule has 1 amide bonds. The van der Waals surface area contributed by atoms with Crippen LogP contribution in [-0.4, -0.2) is 23.5 Å². The van der Waals surface area contributed by atoms with Crippen LogP contribution in [0.5, 0.6) is 0 Å². The molecular weight excluding hydrogens is 328 g/mol. The standard InChI is InChI=1S/C21H32N2O3/c1-15(2)13-19(20(24)23-22-14-16(3)4)18(21(25)26)12-8-11-17-9-6-5-7-10-17/h5-11,15-16,18-19,22H,12-14H2,1-4H3,(H,23,24)(H,25,26)/b11-8+/t18-,19+/m0/s1. The molecule has 0 aromatic heterocycles. The normalized spacial score (nSPS) is 13.9. The van der Waals surface area contributed by atoms with Gasteiger partial charge in [-0.05, 0) is 30.2 Å². The lowest BCUT2D eigenvalue weighted by atomic mass is 9.82. The number of aliphatic carboxylic acids is 1. The van der Waals surface area contributed by atoms with E-state index in [0.717, 1.165) is 5.56 Å². The Labute approximate surface area is 156 Å². The number of carbonyl (C=O) groups excluding carboxylic acids is 1. The Morgan fingerprint density at radius 1 is 1.04 bits per heavy atom. The van der Waals surface area contributed by atoms with Crippen LogP contribution in [0.1, 0.15) is 46.1 Å². The van der Waals surface area contributed by atoms with Crippen LogP contribution < -0.4 is 10.9 Å².